The van der Waals surface area contributed by atoms with Gasteiger partial charge in [-0.3, -0.25) is 19.2 Å². The van der Waals surface area contributed by atoms with Gasteiger partial charge in [-0.2, -0.15) is 0 Å². The molecule has 0 fully saturated rings. The third-order valence-electron chi connectivity index (χ3n) is 6.37. The SMILES string of the molecule is CCC(C)C(NC(=O)C(Cc1ccc(O)cc1)NC(=O)C(N)CCCCN)C(=O)NC(CCC(=O)O)C(=O)O. The van der Waals surface area contributed by atoms with Crippen molar-refractivity contribution in [2.45, 2.75) is 83.0 Å². The van der Waals surface area contributed by atoms with E-state index in [1.807, 2.05) is 0 Å². The second kappa shape index (κ2) is 17.0. The number of unbranched alkanes of at least 4 members (excludes halogenated alkanes) is 1. The number of benzene rings is 1. The van der Waals surface area contributed by atoms with Crippen LogP contribution in [-0.4, -0.2) is 75.7 Å². The van der Waals surface area contributed by atoms with Gasteiger partial charge in [-0.25, -0.2) is 4.79 Å². The Morgan fingerprint density at radius 1 is 0.872 bits per heavy atom. The van der Waals surface area contributed by atoms with Gasteiger partial charge in [-0.1, -0.05) is 38.8 Å². The molecule has 39 heavy (non-hydrogen) atoms. The summed E-state index contributed by atoms with van der Waals surface area (Å²) in [6.07, 6.45) is 1.35. The maximum Gasteiger partial charge on any atom is 0.326 e. The molecule has 1 rings (SSSR count). The lowest BCUT2D eigenvalue weighted by atomic mass is 9.96. The van der Waals surface area contributed by atoms with Crippen LogP contribution in [0.1, 0.15) is 57.9 Å². The van der Waals surface area contributed by atoms with Gasteiger partial charge in [0.2, 0.25) is 17.7 Å². The van der Waals surface area contributed by atoms with E-state index in [4.69, 9.17) is 16.6 Å². The molecular formula is C26H41N5O8. The van der Waals surface area contributed by atoms with Crippen molar-refractivity contribution in [1.82, 2.24) is 16.0 Å². The maximum absolute atomic E-state index is 13.4. The molecule has 10 N–H and O–H groups in total. The molecule has 5 unspecified atom stereocenters. The van der Waals surface area contributed by atoms with Crippen LogP contribution in [0.5, 0.6) is 5.75 Å². The number of hydrogen-bond donors (Lipinski definition) is 8. The highest BCUT2D eigenvalue weighted by Crippen LogP contribution is 2.14. The normalized spacial score (nSPS) is 14.8. The van der Waals surface area contributed by atoms with Gasteiger partial charge in [0.15, 0.2) is 0 Å². The van der Waals surface area contributed by atoms with Crippen molar-refractivity contribution in [2.75, 3.05) is 6.54 Å². The number of hydrogen-bond acceptors (Lipinski definition) is 8. The third-order valence-corrected chi connectivity index (χ3v) is 6.37. The predicted octanol–water partition coefficient (Wildman–Crippen LogP) is -0.159. The van der Waals surface area contributed by atoms with Gasteiger partial charge in [-0.15, -0.1) is 0 Å². The van der Waals surface area contributed by atoms with Crippen LogP contribution in [-0.2, 0) is 30.4 Å². The molecule has 0 saturated carbocycles. The molecule has 0 bridgehead atoms. The number of nitrogens with one attached hydrogen (secondary N) is 3. The van der Waals surface area contributed by atoms with Crippen LogP contribution >= 0.6 is 0 Å². The lowest BCUT2D eigenvalue weighted by molar-refractivity contribution is -0.143. The maximum atomic E-state index is 13.4. The van der Waals surface area contributed by atoms with Crippen molar-refractivity contribution >= 4 is 29.7 Å². The van der Waals surface area contributed by atoms with Gasteiger partial charge >= 0.3 is 11.9 Å². The van der Waals surface area contributed by atoms with E-state index in [1.165, 1.54) is 12.1 Å². The summed E-state index contributed by atoms with van der Waals surface area (Å²) in [6.45, 7) is 3.93. The minimum atomic E-state index is -1.46. The Balaban J connectivity index is 3.12. The summed E-state index contributed by atoms with van der Waals surface area (Å²) >= 11 is 0. The summed E-state index contributed by atoms with van der Waals surface area (Å²) in [5, 5.41) is 35.4. The number of aliphatic carboxylic acids is 2. The Kier molecular flexibility index (Phi) is 14.5. The van der Waals surface area contributed by atoms with Gasteiger partial charge in [0.1, 0.15) is 23.9 Å². The monoisotopic (exact) mass is 551 g/mol. The Morgan fingerprint density at radius 2 is 1.49 bits per heavy atom. The van der Waals surface area contributed by atoms with Gasteiger partial charge in [0.25, 0.3) is 0 Å². The fourth-order valence-corrected chi connectivity index (χ4v) is 3.74. The summed E-state index contributed by atoms with van der Waals surface area (Å²) in [5.41, 5.74) is 12.1. The number of amides is 3. The molecule has 0 heterocycles. The molecule has 0 spiro atoms. The van der Waals surface area contributed by atoms with Gasteiger partial charge < -0.3 is 42.7 Å². The number of carboxylic acid groups (broad SMARTS) is 2. The number of phenolic OH excluding ortho intramolecular Hbond substituents is 1. The van der Waals surface area contributed by atoms with E-state index in [0.717, 1.165) is 0 Å². The zero-order valence-electron chi connectivity index (χ0n) is 22.4. The fraction of sp³-hybridized carbons (Fsp3) is 0.577. The van der Waals surface area contributed by atoms with Gasteiger partial charge in [0.05, 0.1) is 6.04 Å². The van der Waals surface area contributed by atoms with Gasteiger partial charge in [0, 0.05) is 12.8 Å². The van der Waals surface area contributed by atoms with Crippen molar-refractivity contribution in [3.05, 3.63) is 29.8 Å². The molecule has 1 aromatic rings. The quantitative estimate of drug-likeness (QED) is 0.112. The first-order valence-electron chi connectivity index (χ1n) is 13.0. The first-order valence-corrected chi connectivity index (χ1v) is 13.0. The molecule has 1 aromatic carbocycles. The van der Waals surface area contributed by atoms with E-state index in [1.54, 1.807) is 26.0 Å². The smallest absolute Gasteiger partial charge is 0.326 e. The molecule has 0 saturated heterocycles. The number of carbonyl (C=O) groups is 5. The molecule has 3 amide bonds. The average Bonchev–Trinajstić information content (AvgIpc) is 2.89. The number of carboxylic acids is 2. The van der Waals surface area contributed by atoms with Crippen LogP contribution in [0.3, 0.4) is 0 Å². The summed E-state index contributed by atoms with van der Waals surface area (Å²) in [4.78, 5) is 61.7. The first-order chi connectivity index (χ1) is 18.4. The molecule has 0 aliphatic heterocycles. The van der Waals surface area contributed by atoms with Crippen LogP contribution in [0.25, 0.3) is 0 Å². The first kappa shape index (κ1) is 33.3. The number of aromatic hydroxyl groups is 1. The second-order valence-corrected chi connectivity index (χ2v) is 9.53. The topological polar surface area (TPSA) is 234 Å². The Hall–Kier alpha value is -3.71. The number of rotatable bonds is 18. The van der Waals surface area contributed by atoms with Crippen LogP contribution < -0.4 is 27.4 Å². The van der Waals surface area contributed by atoms with Crippen LogP contribution in [0, 0.1) is 5.92 Å². The molecule has 13 nitrogen and oxygen atoms in total. The molecule has 0 aliphatic carbocycles. The number of phenols is 1. The lowest BCUT2D eigenvalue weighted by Gasteiger charge is -2.28. The minimum absolute atomic E-state index is 0.0232. The van der Waals surface area contributed by atoms with Crippen LogP contribution in [0.2, 0.25) is 0 Å². The molecule has 0 aliphatic rings. The van der Waals surface area contributed by atoms with E-state index in [-0.39, 0.29) is 18.6 Å². The fourth-order valence-electron chi connectivity index (χ4n) is 3.74. The molecule has 218 valence electrons. The van der Waals surface area contributed by atoms with E-state index in [9.17, 15) is 34.2 Å². The zero-order chi connectivity index (χ0) is 29.5. The lowest BCUT2D eigenvalue weighted by Crippen LogP contribution is -2.59. The van der Waals surface area contributed by atoms with Crippen molar-refractivity contribution in [1.29, 1.82) is 0 Å². The summed E-state index contributed by atoms with van der Waals surface area (Å²) in [6, 6.07) is 1.40. The van der Waals surface area contributed by atoms with Crippen molar-refractivity contribution in [3.63, 3.8) is 0 Å². The predicted molar refractivity (Wildman–Crippen MR) is 142 cm³/mol. The highest BCUT2D eigenvalue weighted by atomic mass is 16.4. The minimum Gasteiger partial charge on any atom is -0.508 e. The van der Waals surface area contributed by atoms with Gasteiger partial charge in [-0.05, 0) is 49.4 Å². The van der Waals surface area contributed by atoms with Crippen LogP contribution in [0.15, 0.2) is 24.3 Å². The highest BCUT2D eigenvalue weighted by molar-refractivity contribution is 5.94. The van der Waals surface area contributed by atoms with E-state index in [0.29, 0.717) is 37.8 Å². The van der Waals surface area contributed by atoms with Crippen molar-refractivity contribution < 1.29 is 39.3 Å². The largest absolute Gasteiger partial charge is 0.508 e. The van der Waals surface area contributed by atoms with Crippen LogP contribution in [0.4, 0.5) is 0 Å². The summed E-state index contributed by atoms with van der Waals surface area (Å²) < 4.78 is 0. The molecule has 5 atom stereocenters. The standard InChI is InChI=1S/C26H41N5O8/c1-3-15(2)22(25(37)29-19(26(38)39)11-12-21(33)34)31-24(36)20(14-16-7-9-17(32)10-8-16)30-23(35)18(28)6-4-5-13-27/h7-10,15,18-20,22,32H,3-6,11-14,27-28H2,1-2H3,(H,29,37)(H,30,35)(H,31,36)(H,33,34)(H,38,39). The molecule has 0 aromatic heterocycles. The van der Waals surface area contributed by atoms with Crippen molar-refractivity contribution in [3.8, 4) is 5.75 Å². The summed E-state index contributed by atoms with van der Waals surface area (Å²) in [5.74, 6) is -5.06. The number of carbonyl (C=O) groups excluding carboxylic acids is 3. The second-order valence-electron chi connectivity index (χ2n) is 9.53. The molecule has 0 radical (unpaired) electrons. The Bertz CT molecular complexity index is 972. The molecule has 13 heteroatoms. The van der Waals surface area contributed by atoms with Crippen molar-refractivity contribution in [2.24, 2.45) is 17.4 Å². The number of nitrogens with two attached hydrogens (primary N) is 2. The highest BCUT2D eigenvalue weighted by Gasteiger charge is 2.33. The van der Waals surface area contributed by atoms with E-state index in [2.05, 4.69) is 16.0 Å². The van der Waals surface area contributed by atoms with E-state index < -0.39 is 66.2 Å². The third kappa shape index (κ3) is 12.1. The summed E-state index contributed by atoms with van der Waals surface area (Å²) in [7, 11) is 0. The van der Waals surface area contributed by atoms with E-state index >= 15 is 0 Å². The zero-order valence-corrected chi connectivity index (χ0v) is 22.4. The average molecular weight is 552 g/mol. The molecular weight excluding hydrogens is 510 g/mol. The Labute approximate surface area is 227 Å². The Morgan fingerprint density at radius 3 is 2.03 bits per heavy atom.